The van der Waals surface area contributed by atoms with E-state index in [0.29, 0.717) is 30.8 Å². The molecule has 0 bridgehead atoms. The van der Waals surface area contributed by atoms with E-state index in [1.54, 1.807) is 18.2 Å². The number of sulfone groups is 1. The summed E-state index contributed by atoms with van der Waals surface area (Å²) in [6.45, 7) is 0.890. The van der Waals surface area contributed by atoms with Crippen molar-refractivity contribution >= 4 is 106 Å². The van der Waals surface area contributed by atoms with E-state index >= 15 is 0 Å². The second-order valence-electron chi connectivity index (χ2n) is 36.0. The first-order valence-electron chi connectivity index (χ1n) is 47.2. The van der Waals surface area contributed by atoms with Crippen molar-refractivity contribution in [1.82, 2.24) is 31.9 Å². The van der Waals surface area contributed by atoms with E-state index < -0.39 is 201 Å². The smallest absolute Gasteiger partial charge is 0.401 e. The Labute approximate surface area is 837 Å². The van der Waals surface area contributed by atoms with Gasteiger partial charge >= 0.3 is 42.2 Å². The molecule has 54 heteroatoms. The third kappa shape index (κ3) is 58.4. The number of nitriles is 1. The summed E-state index contributed by atoms with van der Waals surface area (Å²) in [5.74, 6) is -12.5. The van der Waals surface area contributed by atoms with Crippen molar-refractivity contribution in [2.24, 2.45) is 5.92 Å². The molecule has 6 saturated carbocycles. The number of ether oxygens (including phenoxy) is 6. The first-order valence-corrected chi connectivity index (χ1v) is 58.5. The van der Waals surface area contributed by atoms with Gasteiger partial charge in [0.05, 0.1) is 133 Å². The fourth-order valence-electron chi connectivity index (χ4n) is 16.2. The number of nitro benzene ring substituents is 1. The molecule has 6 N–H and O–H groups in total. The molecule has 4 aromatic carbocycles. The Morgan fingerprint density at radius 1 is 0.382 bits per heavy atom. The summed E-state index contributed by atoms with van der Waals surface area (Å²) < 4.78 is 325. The molecule has 7 atom stereocenters. The summed E-state index contributed by atoms with van der Waals surface area (Å²) in [5, 5.41) is 38.4. The fourth-order valence-corrected chi connectivity index (χ4v) is 20.7. The summed E-state index contributed by atoms with van der Waals surface area (Å²) in [5.41, 5.74) is 0.152. The molecule has 0 saturated heterocycles. The molecule has 816 valence electrons. The number of esters is 5. The maximum absolute atomic E-state index is 12.5. The quantitative estimate of drug-likeness (QED) is 0.00600. The molecular formula is C90H128F6N8O33S7-6. The first-order chi connectivity index (χ1) is 67.2. The maximum atomic E-state index is 12.5. The van der Waals surface area contributed by atoms with Gasteiger partial charge in [-0.25, -0.2) is 73.3 Å². The lowest BCUT2D eigenvalue weighted by Gasteiger charge is -2.27. The van der Waals surface area contributed by atoms with Gasteiger partial charge in [-0.3, -0.25) is 19.7 Å². The van der Waals surface area contributed by atoms with Crippen molar-refractivity contribution in [3.05, 3.63) is 135 Å². The van der Waals surface area contributed by atoms with Gasteiger partial charge in [0.1, 0.15) is 54.7 Å². The van der Waals surface area contributed by atoms with Crippen LogP contribution in [0.1, 0.15) is 243 Å². The molecule has 6 fully saturated rings. The number of carbonyl (C=O) groups excluding carboxylic acids is 5. The molecule has 0 amide bonds. The Bertz CT molecular complexity index is 5520. The molecule has 144 heavy (non-hydrogen) atoms. The van der Waals surface area contributed by atoms with E-state index in [1.807, 2.05) is 24.3 Å². The van der Waals surface area contributed by atoms with Crippen molar-refractivity contribution in [2.45, 2.75) is 296 Å². The normalized spacial score (nSPS) is 18.0. The number of hydrogen-bond donors (Lipinski definition) is 6. The SMILES string of the molecule is CC(C(=O)OC(CNC1CCCCC1)CS(=O)(=O)[O-])C(F)(F)F.CS(=O)(=O)c1ccc(C(=O)OC(CNC2CCCCC2)CS(=O)(=O)[O-])cc1.N#Cc1cccc(C(=O)OC(CNC2CCCCC2)CS(=O)(=O)[O-])c1.O=C(CC(F)(F)F)OC(CNC1CCCCC1)CS(=O)(=O)[O-].O=C(OC(CNC1CCCCC1)CS(=O)(=O)[O-])c1cccc([N+](=O)[O-])c1.O=S(=O)([O-])CC(CNC1CCCCC1)Oc1ccccc1. The zero-order valence-electron chi connectivity index (χ0n) is 79.7. The zero-order valence-corrected chi connectivity index (χ0v) is 85.4. The summed E-state index contributed by atoms with van der Waals surface area (Å²) in [4.78, 5) is 69.5. The fraction of sp³-hybridized carbons (Fsp3) is 0.667. The van der Waals surface area contributed by atoms with Gasteiger partial charge in [0.25, 0.3) is 5.69 Å². The third-order valence-electron chi connectivity index (χ3n) is 23.5. The molecule has 0 aromatic heterocycles. The van der Waals surface area contributed by atoms with Crippen molar-refractivity contribution in [2.75, 3.05) is 80.0 Å². The van der Waals surface area contributed by atoms with Crippen LogP contribution in [-0.4, -0.2) is 286 Å². The lowest BCUT2D eigenvalue weighted by molar-refractivity contribution is -0.384. The van der Waals surface area contributed by atoms with Crippen LogP contribution in [0.3, 0.4) is 0 Å². The number of non-ortho nitro benzene ring substituents is 1. The number of benzene rings is 4. The van der Waals surface area contributed by atoms with E-state index in [1.165, 1.54) is 86.3 Å². The lowest BCUT2D eigenvalue weighted by Crippen LogP contribution is -2.43. The van der Waals surface area contributed by atoms with Gasteiger partial charge in [-0.15, -0.1) is 0 Å². The Kier molecular flexibility index (Phi) is 54.5. The topological polar surface area (TPSA) is 657 Å². The highest BCUT2D eigenvalue weighted by Crippen LogP contribution is 2.30. The Hall–Kier alpha value is -8.33. The standard InChI is InChI=1S/C17H22N2O5S.C17H25NO7S2.C16H22N2O7S.C15H23NO4S.C13H22F3NO5S.C12H20F3NO5S/c18-10-13-5-4-6-14(9-13)17(20)24-16(12-25(21,22)23)11-19-15-7-2-1-3-8-15;1-26(20,21)16-9-7-13(8-10-16)17(19)25-15(12-27(22,23)24)11-18-14-5-3-2-4-6-14;19-16(12-5-4-8-14(9-12)18(20)21)25-15(11-26(22,23)24)10-17-13-6-2-1-3-7-13;17-21(18,19)12-15(20-14-9-5-2-6-10-14)11-16-13-7-3-1-4-8-13;1-9(13(14,15)16)12(18)22-11(8-23(19,20)21)7-17-10-5-3-2-4-6-10;13-12(14,15)6-11(17)21-10(8-22(18,19)20)7-16-9-4-2-1-3-5-9/h4-6,9,15-16,19H,1-3,7-8,11-12H2,(H,21,22,23);7-10,14-15,18H,2-6,11-12H2,1H3,(H,22,23,24);4-5,8-9,13,15,17H,1-3,6-7,10-11H2,(H,22,23,24);2,5-6,9-10,13,15-16H,1,3-4,7-8,11-12H2,(H,17,18,19);9-11,17H,2-8H2,1H3,(H,19,20,21);9-10,16H,1-8H2,(H,18,19,20)/p-6. The van der Waals surface area contributed by atoms with E-state index in [4.69, 9.17) is 24.2 Å². The summed E-state index contributed by atoms with van der Waals surface area (Å²) in [7, 11) is -30.9. The average molecular weight is 2190 g/mol. The predicted octanol–water partition coefficient (Wildman–Crippen LogP) is 9.01. The molecular weight excluding hydrogens is 2060 g/mol. The largest absolute Gasteiger partial charge is 0.748 e. The number of rotatable bonds is 44. The summed E-state index contributed by atoms with van der Waals surface area (Å²) >= 11 is 0. The zero-order chi connectivity index (χ0) is 107. The number of nitrogens with one attached hydrogen (secondary N) is 6. The highest BCUT2D eigenvalue weighted by Gasteiger charge is 2.44. The number of para-hydroxylation sites is 1. The average Bonchev–Trinajstić information content (AvgIpc) is 0.843. The van der Waals surface area contributed by atoms with Crippen LogP contribution in [0, 0.1) is 27.4 Å². The van der Waals surface area contributed by atoms with Crippen LogP contribution in [0.2, 0.25) is 0 Å². The Morgan fingerprint density at radius 3 is 0.958 bits per heavy atom. The van der Waals surface area contributed by atoms with Crippen molar-refractivity contribution in [3.8, 4) is 11.8 Å². The molecule has 6 aliphatic rings. The summed E-state index contributed by atoms with van der Waals surface area (Å²) in [6.07, 6.45) is 14.0. The number of hydrogen-bond acceptors (Lipinski definition) is 40. The maximum Gasteiger partial charge on any atom is 0.401 e. The van der Waals surface area contributed by atoms with Crippen LogP contribution < -0.4 is 36.6 Å². The molecule has 0 aliphatic heterocycles. The number of halogens is 6. The number of nitro groups is 1. The monoisotopic (exact) mass is 2190 g/mol. The van der Waals surface area contributed by atoms with Crippen LogP contribution in [0.15, 0.2) is 108 Å². The van der Waals surface area contributed by atoms with Crippen LogP contribution in [0.25, 0.3) is 0 Å². The third-order valence-corrected chi connectivity index (χ3v) is 29.3. The van der Waals surface area contributed by atoms with E-state index in [-0.39, 0.29) is 90.2 Å². The second kappa shape index (κ2) is 62.2. The van der Waals surface area contributed by atoms with E-state index in [2.05, 4.69) is 41.4 Å². The van der Waals surface area contributed by atoms with Gasteiger partial charge in [-0.2, -0.15) is 31.6 Å². The van der Waals surface area contributed by atoms with Gasteiger partial charge in [-0.05, 0) is 145 Å². The molecule has 0 heterocycles. The van der Waals surface area contributed by atoms with Crippen LogP contribution in [-0.2, 0) is 104 Å². The van der Waals surface area contributed by atoms with E-state index in [9.17, 15) is 147 Å². The van der Waals surface area contributed by atoms with Crippen LogP contribution in [0.5, 0.6) is 5.75 Å². The number of alkyl halides is 6. The molecule has 7 unspecified atom stereocenters. The molecule has 10 rings (SSSR count). The Morgan fingerprint density at radius 2 is 0.667 bits per heavy atom. The van der Waals surface area contributed by atoms with Crippen molar-refractivity contribution in [1.29, 1.82) is 5.26 Å². The van der Waals surface area contributed by atoms with E-state index in [0.717, 1.165) is 179 Å². The molecule has 0 spiro atoms. The Balaban J connectivity index is 0.000000305. The second-order valence-corrected chi connectivity index (χ2v) is 46.7. The first kappa shape index (κ1) is 126. The van der Waals surface area contributed by atoms with Crippen molar-refractivity contribution in [3.63, 3.8) is 0 Å². The highest BCUT2D eigenvalue weighted by molar-refractivity contribution is 7.90. The molecule has 0 radical (unpaired) electrons. The minimum atomic E-state index is -4.78. The highest BCUT2D eigenvalue weighted by atomic mass is 32.2. The molecule has 6 aliphatic carbocycles. The molecule has 4 aromatic rings. The summed E-state index contributed by atoms with van der Waals surface area (Å²) in [6, 6.07) is 28.1. The van der Waals surface area contributed by atoms with Gasteiger partial charge in [-0.1, -0.05) is 146 Å². The minimum absolute atomic E-state index is 0.0345. The van der Waals surface area contributed by atoms with Gasteiger partial charge in [0, 0.05) is 93.9 Å². The molecule has 41 nitrogen and oxygen atoms in total. The van der Waals surface area contributed by atoms with Gasteiger partial charge < -0.3 is 87.6 Å². The van der Waals surface area contributed by atoms with Crippen LogP contribution >= 0.6 is 0 Å². The van der Waals surface area contributed by atoms with Crippen LogP contribution in [0.4, 0.5) is 32.0 Å². The van der Waals surface area contributed by atoms with Crippen molar-refractivity contribution < 1.29 is 170 Å². The lowest BCUT2D eigenvalue weighted by atomic mass is 9.95. The number of carbonyl (C=O) groups is 5. The number of nitrogens with zero attached hydrogens (tertiary/aromatic N) is 2. The van der Waals surface area contributed by atoms with Gasteiger partial charge in [0.2, 0.25) is 0 Å². The van der Waals surface area contributed by atoms with Gasteiger partial charge in [0.15, 0.2) is 9.84 Å². The minimum Gasteiger partial charge on any atom is -0.748 e. The predicted molar refractivity (Wildman–Crippen MR) is 505 cm³/mol.